The van der Waals surface area contributed by atoms with Gasteiger partial charge in [-0.2, -0.15) is 0 Å². The highest BCUT2D eigenvalue weighted by atomic mass is 32.2. The van der Waals surface area contributed by atoms with Crippen molar-refractivity contribution in [3.8, 4) is 5.75 Å². The molecule has 2 aromatic rings. The van der Waals surface area contributed by atoms with Crippen LogP contribution >= 0.6 is 11.8 Å². The third-order valence-corrected chi connectivity index (χ3v) is 4.62. The van der Waals surface area contributed by atoms with E-state index in [0.29, 0.717) is 17.1 Å². The van der Waals surface area contributed by atoms with E-state index >= 15 is 0 Å². The molecule has 1 atom stereocenters. The number of carbonyl (C=O) groups is 3. The first kappa shape index (κ1) is 21.3. The maximum absolute atomic E-state index is 12.2. The summed E-state index contributed by atoms with van der Waals surface area (Å²) in [5.74, 6) is -0.811. The Bertz CT molecular complexity index is 842. The molecule has 2 rings (SSSR count). The van der Waals surface area contributed by atoms with E-state index in [9.17, 15) is 14.4 Å². The Hall–Kier alpha value is -3.00. The van der Waals surface area contributed by atoms with Crippen LogP contribution in [0.25, 0.3) is 0 Å². The van der Waals surface area contributed by atoms with Crippen LogP contribution < -0.4 is 15.4 Å². The largest absolute Gasteiger partial charge is 0.495 e. The number of hydrogen-bond donors (Lipinski definition) is 2. The number of thioether (sulfide) groups is 1. The Labute approximate surface area is 167 Å². The molecule has 2 N–H and O–H groups in total. The molecule has 0 saturated carbocycles. The fourth-order valence-electron chi connectivity index (χ4n) is 2.28. The smallest absolute Gasteiger partial charge is 0.319 e. The van der Waals surface area contributed by atoms with Gasteiger partial charge in [0.25, 0.3) is 5.91 Å². The molecule has 0 aliphatic heterocycles. The van der Waals surface area contributed by atoms with Crippen molar-refractivity contribution < 1.29 is 23.9 Å². The zero-order valence-electron chi connectivity index (χ0n) is 15.9. The van der Waals surface area contributed by atoms with E-state index in [2.05, 4.69) is 10.6 Å². The molecule has 0 bridgehead atoms. The fourth-order valence-corrected chi connectivity index (χ4v) is 3.17. The molecule has 0 aliphatic rings. The van der Waals surface area contributed by atoms with Crippen molar-refractivity contribution in [2.24, 2.45) is 0 Å². The number of nitrogens with one attached hydrogen (secondary N) is 2. The van der Waals surface area contributed by atoms with Crippen molar-refractivity contribution in [3.05, 3.63) is 48.5 Å². The first-order valence-electron chi connectivity index (χ1n) is 8.53. The van der Waals surface area contributed by atoms with Crippen molar-refractivity contribution in [1.29, 1.82) is 0 Å². The number of rotatable bonds is 8. The van der Waals surface area contributed by atoms with E-state index in [4.69, 9.17) is 9.47 Å². The number of anilines is 2. The van der Waals surface area contributed by atoms with Crippen molar-refractivity contribution in [2.75, 3.05) is 24.4 Å². The molecule has 2 aromatic carbocycles. The summed E-state index contributed by atoms with van der Waals surface area (Å²) >= 11 is 1.35. The molecule has 0 radical (unpaired) electrons. The van der Waals surface area contributed by atoms with Gasteiger partial charge in [0.05, 0.1) is 12.8 Å². The van der Waals surface area contributed by atoms with Gasteiger partial charge in [-0.1, -0.05) is 18.2 Å². The average Bonchev–Trinajstić information content (AvgIpc) is 2.66. The lowest BCUT2D eigenvalue weighted by molar-refractivity contribution is -0.146. The topological polar surface area (TPSA) is 93.7 Å². The third-order valence-electron chi connectivity index (χ3n) is 3.53. The molecule has 7 nitrogen and oxygen atoms in total. The van der Waals surface area contributed by atoms with Gasteiger partial charge in [-0.15, -0.1) is 11.8 Å². The molecule has 2 amide bonds. The molecule has 0 unspecified atom stereocenters. The van der Waals surface area contributed by atoms with Crippen molar-refractivity contribution in [3.63, 3.8) is 0 Å². The SMILES string of the molecule is COc1ccc(NC(C)=O)cc1NC(=O)COC(=O)[C@@H](C)Sc1ccccc1. The Morgan fingerprint density at radius 1 is 1.07 bits per heavy atom. The summed E-state index contributed by atoms with van der Waals surface area (Å²) in [4.78, 5) is 36.4. The highest BCUT2D eigenvalue weighted by molar-refractivity contribution is 8.00. The van der Waals surface area contributed by atoms with Gasteiger partial charge in [-0.25, -0.2) is 0 Å². The summed E-state index contributed by atoms with van der Waals surface area (Å²) in [6.07, 6.45) is 0. The normalized spacial score (nSPS) is 11.2. The maximum Gasteiger partial charge on any atom is 0.319 e. The predicted molar refractivity (Wildman–Crippen MR) is 109 cm³/mol. The fraction of sp³-hybridized carbons (Fsp3) is 0.250. The minimum Gasteiger partial charge on any atom is -0.495 e. The minimum absolute atomic E-state index is 0.235. The Balaban J connectivity index is 1.91. The lowest BCUT2D eigenvalue weighted by Crippen LogP contribution is -2.25. The molecule has 8 heteroatoms. The van der Waals surface area contributed by atoms with Gasteiger partial charge in [0.15, 0.2) is 6.61 Å². The maximum atomic E-state index is 12.2. The third kappa shape index (κ3) is 6.62. The molecular weight excluding hydrogens is 380 g/mol. The first-order valence-corrected chi connectivity index (χ1v) is 9.41. The van der Waals surface area contributed by atoms with Gasteiger partial charge in [0, 0.05) is 17.5 Å². The van der Waals surface area contributed by atoms with Crippen LogP contribution in [0.4, 0.5) is 11.4 Å². The number of esters is 1. The van der Waals surface area contributed by atoms with Crippen LogP contribution in [0, 0.1) is 0 Å². The molecule has 0 spiro atoms. The van der Waals surface area contributed by atoms with E-state index in [1.54, 1.807) is 25.1 Å². The molecule has 0 fully saturated rings. The molecular formula is C20H22N2O5S. The minimum atomic E-state index is -0.511. The molecule has 0 aliphatic carbocycles. The summed E-state index contributed by atoms with van der Waals surface area (Å²) in [7, 11) is 1.46. The van der Waals surface area contributed by atoms with Crippen LogP contribution in [0.5, 0.6) is 5.75 Å². The predicted octanol–water partition coefficient (Wildman–Crippen LogP) is 3.32. The van der Waals surface area contributed by atoms with Crippen LogP contribution in [0.2, 0.25) is 0 Å². The van der Waals surface area contributed by atoms with Crippen molar-refractivity contribution in [2.45, 2.75) is 24.0 Å². The van der Waals surface area contributed by atoms with Gasteiger partial charge in [0.2, 0.25) is 5.91 Å². The first-order chi connectivity index (χ1) is 13.4. The van der Waals surface area contributed by atoms with E-state index < -0.39 is 23.7 Å². The van der Waals surface area contributed by atoms with Crippen molar-refractivity contribution >= 4 is 40.9 Å². The van der Waals surface area contributed by atoms with Gasteiger partial charge >= 0.3 is 5.97 Å². The second kappa shape index (κ2) is 10.4. The number of hydrogen-bond acceptors (Lipinski definition) is 6. The number of amides is 2. The quantitative estimate of drug-likeness (QED) is 0.520. The number of ether oxygens (including phenoxy) is 2. The highest BCUT2D eigenvalue weighted by Crippen LogP contribution is 2.28. The summed E-state index contributed by atoms with van der Waals surface area (Å²) < 4.78 is 10.3. The summed E-state index contributed by atoms with van der Waals surface area (Å²) in [5.41, 5.74) is 0.870. The number of benzene rings is 2. The standard InChI is InChI=1S/C20H22N2O5S/c1-13(28-16-7-5-4-6-8-16)20(25)27-12-19(24)22-17-11-15(21-14(2)23)9-10-18(17)26-3/h4-11,13H,12H2,1-3H3,(H,21,23)(H,22,24)/t13-/m1/s1. The summed E-state index contributed by atoms with van der Waals surface area (Å²) in [6, 6.07) is 14.3. The monoisotopic (exact) mass is 402 g/mol. The van der Waals surface area contributed by atoms with E-state index in [1.165, 1.54) is 25.8 Å². The van der Waals surface area contributed by atoms with E-state index in [-0.39, 0.29) is 5.91 Å². The average molecular weight is 402 g/mol. The number of methoxy groups -OCH3 is 1. The van der Waals surface area contributed by atoms with Crippen LogP contribution in [0.1, 0.15) is 13.8 Å². The highest BCUT2D eigenvalue weighted by Gasteiger charge is 2.18. The molecule has 0 heterocycles. The van der Waals surface area contributed by atoms with Crippen LogP contribution in [-0.4, -0.2) is 36.8 Å². The Morgan fingerprint density at radius 2 is 1.79 bits per heavy atom. The van der Waals surface area contributed by atoms with Crippen LogP contribution in [0.15, 0.2) is 53.4 Å². The molecule has 28 heavy (non-hydrogen) atoms. The second-order valence-corrected chi connectivity index (χ2v) is 7.24. The van der Waals surface area contributed by atoms with Gasteiger partial charge in [0.1, 0.15) is 11.0 Å². The van der Waals surface area contributed by atoms with Gasteiger partial charge < -0.3 is 20.1 Å². The van der Waals surface area contributed by atoms with Gasteiger partial charge in [-0.05, 0) is 37.3 Å². The second-order valence-electron chi connectivity index (χ2n) is 5.83. The summed E-state index contributed by atoms with van der Waals surface area (Å²) in [6.45, 7) is 2.68. The van der Waals surface area contributed by atoms with Gasteiger partial charge in [-0.3, -0.25) is 14.4 Å². The molecule has 148 valence electrons. The van der Waals surface area contributed by atoms with Crippen molar-refractivity contribution in [1.82, 2.24) is 0 Å². The van der Waals surface area contributed by atoms with E-state index in [1.807, 2.05) is 30.3 Å². The van der Waals surface area contributed by atoms with Crippen LogP contribution in [0.3, 0.4) is 0 Å². The zero-order chi connectivity index (χ0) is 20.5. The Kier molecular flexibility index (Phi) is 7.88. The lowest BCUT2D eigenvalue weighted by Gasteiger charge is -2.14. The summed E-state index contributed by atoms with van der Waals surface area (Å²) in [5, 5.41) is 4.79. The molecule has 0 saturated heterocycles. The van der Waals surface area contributed by atoms with Crippen LogP contribution in [-0.2, 0) is 19.1 Å². The van der Waals surface area contributed by atoms with E-state index in [0.717, 1.165) is 4.90 Å². The Morgan fingerprint density at radius 3 is 2.43 bits per heavy atom. The zero-order valence-corrected chi connectivity index (χ0v) is 16.7. The lowest BCUT2D eigenvalue weighted by atomic mass is 10.2. The molecule has 0 aromatic heterocycles. The number of carbonyl (C=O) groups excluding carboxylic acids is 3.